The number of sulfone groups is 1. The lowest BCUT2D eigenvalue weighted by Crippen LogP contribution is -3.16. The van der Waals surface area contributed by atoms with Crippen molar-refractivity contribution in [2.24, 2.45) is 0 Å². The molecule has 0 radical (unpaired) electrons. The molecular formula is C17H26N3O4S+. The van der Waals surface area contributed by atoms with Crippen LogP contribution in [0, 0.1) is 0 Å². The Hall–Kier alpha value is -1.80. The van der Waals surface area contributed by atoms with Crippen molar-refractivity contribution in [1.82, 2.24) is 5.32 Å². The van der Waals surface area contributed by atoms with Crippen LogP contribution in [0.5, 0.6) is 5.75 Å². The number of carbonyl (C=O) groups excluding carboxylic acids is 1. The molecule has 0 unspecified atom stereocenters. The standard InChI is InChI=1S/C17H25N3O4S/c1-24-16-4-2-15(3-5-16)20-9-7-19(8-10-20)12-17(21)18-14-6-11-25(22,23)13-14/h2-5,14H,6-13H2,1H3,(H,18,21)/p+1/t14-/m1/s1. The first-order valence-electron chi connectivity index (χ1n) is 8.67. The molecule has 0 saturated carbocycles. The Morgan fingerprint density at radius 2 is 1.96 bits per heavy atom. The molecule has 2 aliphatic rings. The molecule has 0 bridgehead atoms. The number of ether oxygens (including phenoxy) is 1. The monoisotopic (exact) mass is 368 g/mol. The Morgan fingerprint density at radius 3 is 2.52 bits per heavy atom. The fraction of sp³-hybridized carbons (Fsp3) is 0.588. The summed E-state index contributed by atoms with van der Waals surface area (Å²) in [4.78, 5) is 15.7. The first-order valence-corrected chi connectivity index (χ1v) is 10.5. The maximum Gasteiger partial charge on any atom is 0.275 e. The third-order valence-corrected chi connectivity index (χ3v) is 6.68. The topological polar surface area (TPSA) is 80.2 Å². The molecule has 0 aromatic heterocycles. The lowest BCUT2D eigenvalue weighted by atomic mass is 10.2. The number of rotatable bonds is 5. The SMILES string of the molecule is COc1ccc(N2CC[NH+](CC(=O)N[C@@H]3CCS(=O)(=O)C3)CC2)cc1. The van der Waals surface area contributed by atoms with Gasteiger partial charge in [0.25, 0.3) is 5.91 Å². The molecule has 1 atom stereocenters. The van der Waals surface area contributed by atoms with E-state index in [9.17, 15) is 13.2 Å². The molecule has 2 N–H and O–H groups in total. The first kappa shape index (κ1) is 18.0. The zero-order valence-electron chi connectivity index (χ0n) is 14.5. The van der Waals surface area contributed by atoms with Crippen molar-refractivity contribution in [3.05, 3.63) is 24.3 Å². The van der Waals surface area contributed by atoms with E-state index >= 15 is 0 Å². The minimum absolute atomic E-state index is 0.0463. The zero-order valence-corrected chi connectivity index (χ0v) is 15.3. The summed E-state index contributed by atoms with van der Waals surface area (Å²) in [6.07, 6.45) is 0.536. The number of nitrogens with zero attached hydrogens (tertiary/aromatic N) is 1. The lowest BCUT2D eigenvalue weighted by molar-refractivity contribution is -0.892. The molecule has 2 fully saturated rings. The molecule has 138 valence electrons. The number of benzene rings is 1. The van der Waals surface area contributed by atoms with Gasteiger partial charge in [-0.15, -0.1) is 0 Å². The molecular weight excluding hydrogens is 342 g/mol. The van der Waals surface area contributed by atoms with Crippen molar-refractivity contribution < 1.29 is 22.8 Å². The molecule has 1 aromatic carbocycles. The van der Waals surface area contributed by atoms with E-state index in [1.807, 2.05) is 12.1 Å². The predicted molar refractivity (Wildman–Crippen MR) is 96.0 cm³/mol. The number of carbonyl (C=O) groups is 1. The molecule has 25 heavy (non-hydrogen) atoms. The van der Waals surface area contributed by atoms with Gasteiger partial charge in [-0.3, -0.25) is 4.79 Å². The minimum atomic E-state index is -2.95. The van der Waals surface area contributed by atoms with Crippen LogP contribution in [0.15, 0.2) is 24.3 Å². The van der Waals surface area contributed by atoms with Gasteiger partial charge in [0.2, 0.25) is 0 Å². The number of amides is 1. The summed E-state index contributed by atoms with van der Waals surface area (Å²) in [6, 6.07) is 7.81. The number of hydrogen-bond acceptors (Lipinski definition) is 5. The van der Waals surface area contributed by atoms with Gasteiger partial charge in [-0.2, -0.15) is 0 Å². The normalized spacial score (nSPS) is 23.4. The van der Waals surface area contributed by atoms with Crippen LogP contribution in [0.2, 0.25) is 0 Å². The Kier molecular flexibility index (Phi) is 5.48. The number of piperazine rings is 1. The third-order valence-electron chi connectivity index (χ3n) is 4.92. The van der Waals surface area contributed by atoms with Crippen LogP contribution in [-0.2, 0) is 14.6 Å². The molecule has 2 saturated heterocycles. The minimum Gasteiger partial charge on any atom is -0.497 e. The van der Waals surface area contributed by atoms with Crippen LogP contribution < -0.4 is 19.9 Å². The van der Waals surface area contributed by atoms with E-state index in [1.165, 1.54) is 10.6 Å². The van der Waals surface area contributed by atoms with Gasteiger partial charge >= 0.3 is 0 Å². The van der Waals surface area contributed by atoms with Crippen molar-refractivity contribution in [3.63, 3.8) is 0 Å². The van der Waals surface area contributed by atoms with Crippen LogP contribution in [0.3, 0.4) is 0 Å². The van der Waals surface area contributed by atoms with Gasteiger partial charge in [-0.25, -0.2) is 8.42 Å². The van der Waals surface area contributed by atoms with Gasteiger partial charge in [-0.1, -0.05) is 0 Å². The van der Waals surface area contributed by atoms with Crippen molar-refractivity contribution in [2.45, 2.75) is 12.5 Å². The van der Waals surface area contributed by atoms with Crippen molar-refractivity contribution in [3.8, 4) is 5.75 Å². The third kappa shape index (κ3) is 4.85. The van der Waals surface area contributed by atoms with E-state index in [0.29, 0.717) is 13.0 Å². The maximum absolute atomic E-state index is 12.1. The van der Waals surface area contributed by atoms with E-state index in [2.05, 4.69) is 22.3 Å². The molecule has 0 spiro atoms. The van der Waals surface area contributed by atoms with Crippen LogP contribution in [-0.4, -0.2) is 71.7 Å². The highest BCUT2D eigenvalue weighted by atomic mass is 32.2. The number of nitrogens with one attached hydrogen (secondary N) is 2. The molecule has 1 amide bonds. The Labute approximate surface area is 148 Å². The molecule has 3 rings (SSSR count). The number of anilines is 1. The van der Waals surface area contributed by atoms with Gasteiger partial charge in [0.1, 0.15) is 5.75 Å². The first-order chi connectivity index (χ1) is 11.9. The molecule has 8 heteroatoms. The van der Waals surface area contributed by atoms with Gasteiger partial charge in [0.15, 0.2) is 16.4 Å². The highest BCUT2D eigenvalue weighted by Gasteiger charge is 2.30. The average Bonchev–Trinajstić information content (AvgIpc) is 2.94. The van der Waals surface area contributed by atoms with Gasteiger partial charge in [-0.05, 0) is 30.7 Å². The zero-order chi connectivity index (χ0) is 17.9. The van der Waals surface area contributed by atoms with Gasteiger partial charge in [0, 0.05) is 11.7 Å². The smallest absolute Gasteiger partial charge is 0.275 e. The van der Waals surface area contributed by atoms with E-state index in [-0.39, 0.29) is 23.5 Å². The average molecular weight is 368 g/mol. The fourth-order valence-electron chi connectivity index (χ4n) is 3.47. The molecule has 2 heterocycles. The quantitative estimate of drug-likeness (QED) is 0.676. The summed E-state index contributed by atoms with van der Waals surface area (Å²) in [5.74, 6) is 1.07. The summed E-state index contributed by atoms with van der Waals surface area (Å²) in [5.41, 5.74) is 1.17. The van der Waals surface area contributed by atoms with Crippen LogP contribution >= 0.6 is 0 Å². The van der Waals surface area contributed by atoms with Gasteiger partial charge in [0.05, 0.1) is 44.8 Å². The van der Waals surface area contributed by atoms with E-state index in [4.69, 9.17) is 4.74 Å². The van der Waals surface area contributed by atoms with Crippen molar-refractivity contribution in [1.29, 1.82) is 0 Å². The lowest BCUT2D eigenvalue weighted by Gasteiger charge is -2.33. The second-order valence-corrected chi connectivity index (χ2v) is 9.01. The second-order valence-electron chi connectivity index (χ2n) is 6.78. The summed E-state index contributed by atoms with van der Waals surface area (Å²) in [7, 11) is -1.30. The van der Waals surface area contributed by atoms with Crippen LogP contribution in [0.25, 0.3) is 0 Å². The Morgan fingerprint density at radius 1 is 1.28 bits per heavy atom. The summed E-state index contributed by atoms with van der Waals surface area (Å²) in [6.45, 7) is 3.98. The molecule has 1 aromatic rings. The summed E-state index contributed by atoms with van der Waals surface area (Å²) >= 11 is 0. The van der Waals surface area contributed by atoms with Crippen molar-refractivity contribution >= 4 is 21.4 Å². The fourth-order valence-corrected chi connectivity index (χ4v) is 5.14. The molecule has 2 aliphatic heterocycles. The van der Waals surface area contributed by atoms with Crippen LogP contribution in [0.4, 0.5) is 5.69 Å². The summed E-state index contributed by atoms with van der Waals surface area (Å²) in [5, 5.41) is 2.87. The molecule has 0 aliphatic carbocycles. The van der Waals surface area contributed by atoms with Crippen molar-refractivity contribution in [2.75, 3.05) is 56.2 Å². The summed E-state index contributed by atoms with van der Waals surface area (Å²) < 4.78 is 28.1. The maximum atomic E-state index is 12.1. The number of hydrogen-bond donors (Lipinski definition) is 2. The second kappa shape index (κ2) is 7.61. The highest BCUT2D eigenvalue weighted by Crippen LogP contribution is 2.18. The van der Waals surface area contributed by atoms with E-state index in [0.717, 1.165) is 31.9 Å². The Balaban J connectivity index is 1.43. The molecule has 7 nitrogen and oxygen atoms in total. The van der Waals surface area contributed by atoms with Gasteiger partial charge < -0.3 is 19.9 Å². The number of quaternary nitrogens is 1. The largest absolute Gasteiger partial charge is 0.497 e. The number of methoxy groups -OCH3 is 1. The highest BCUT2D eigenvalue weighted by molar-refractivity contribution is 7.91. The Bertz CT molecular complexity index is 697. The van der Waals surface area contributed by atoms with Crippen LogP contribution in [0.1, 0.15) is 6.42 Å². The predicted octanol–water partition coefficient (Wildman–Crippen LogP) is -1.30. The van der Waals surface area contributed by atoms with E-state index in [1.54, 1.807) is 7.11 Å². The van der Waals surface area contributed by atoms with E-state index < -0.39 is 9.84 Å².